The first kappa shape index (κ1) is 23.7. The number of aromatic amines is 1. The van der Waals surface area contributed by atoms with Crippen LogP contribution in [0.2, 0.25) is 0 Å². The van der Waals surface area contributed by atoms with E-state index in [0.717, 1.165) is 68.6 Å². The van der Waals surface area contributed by atoms with Crippen LogP contribution in [0.5, 0.6) is 0 Å². The maximum absolute atomic E-state index is 12.1. The average molecular weight is 452 g/mol. The maximum Gasteiger partial charge on any atom is 0.219 e. The SMILES string of the molecule is CCN(CCCNC(=O)CCCCCNc1nc(=S)[nH]c2ccccc12)c1ccccc1. The van der Waals surface area contributed by atoms with E-state index in [4.69, 9.17) is 12.2 Å². The van der Waals surface area contributed by atoms with Gasteiger partial charge in [0.15, 0.2) is 4.77 Å². The quantitative estimate of drug-likeness (QED) is 0.243. The lowest BCUT2D eigenvalue weighted by Crippen LogP contribution is -2.29. The topological polar surface area (TPSA) is 73.1 Å². The second kappa shape index (κ2) is 12.8. The Bertz CT molecular complexity index is 1040. The van der Waals surface area contributed by atoms with E-state index in [9.17, 15) is 4.79 Å². The fourth-order valence-electron chi connectivity index (χ4n) is 3.73. The second-order valence-electron chi connectivity index (χ2n) is 7.79. The number of aromatic nitrogens is 2. The van der Waals surface area contributed by atoms with Crippen LogP contribution in [-0.4, -0.2) is 42.1 Å². The molecule has 0 saturated carbocycles. The van der Waals surface area contributed by atoms with Gasteiger partial charge in [-0.15, -0.1) is 0 Å². The predicted molar refractivity (Wildman–Crippen MR) is 136 cm³/mol. The van der Waals surface area contributed by atoms with Crippen molar-refractivity contribution < 1.29 is 4.79 Å². The molecule has 2 aromatic carbocycles. The van der Waals surface area contributed by atoms with Crippen LogP contribution in [0.25, 0.3) is 10.9 Å². The molecule has 0 aliphatic carbocycles. The average Bonchev–Trinajstić information content (AvgIpc) is 2.81. The number of amides is 1. The lowest BCUT2D eigenvalue weighted by atomic mass is 10.2. The molecule has 170 valence electrons. The van der Waals surface area contributed by atoms with Gasteiger partial charge in [0.05, 0.1) is 5.52 Å². The highest BCUT2D eigenvalue weighted by molar-refractivity contribution is 7.71. The minimum Gasteiger partial charge on any atom is -0.372 e. The van der Waals surface area contributed by atoms with Crippen LogP contribution in [-0.2, 0) is 4.79 Å². The molecule has 0 aliphatic heterocycles. The molecule has 3 rings (SSSR count). The zero-order chi connectivity index (χ0) is 22.6. The molecule has 1 amide bonds. The Hall–Kier alpha value is -2.93. The van der Waals surface area contributed by atoms with Crippen molar-refractivity contribution in [3.63, 3.8) is 0 Å². The smallest absolute Gasteiger partial charge is 0.219 e. The highest BCUT2D eigenvalue weighted by Gasteiger charge is 2.05. The van der Waals surface area contributed by atoms with Crippen LogP contribution in [0.4, 0.5) is 11.5 Å². The molecule has 0 unspecified atom stereocenters. The fourth-order valence-corrected chi connectivity index (χ4v) is 3.93. The molecule has 32 heavy (non-hydrogen) atoms. The zero-order valence-corrected chi connectivity index (χ0v) is 19.6. The Kier molecular flexibility index (Phi) is 9.50. The van der Waals surface area contributed by atoms with Crippen molar-refractivity contribution in [3.8, 4) is 0 Å². The molecule has 0 fully saturated rings. The van der Waals surface area contributed by atoms with Gasteiger partial charge in [0.2, 0.25) is 5.91 Å². The maximum atomic E-state index is 12.1. The van der Waals surface area contributed by atoms with Crippen LogP contribution in [0.1, 0.15) is 39.0 Å². The third kappa shape index (κ3) is 7.34. The van der Waals surface area contributed by atoms with Gasteiger partial charge >= 0.3 is 0 Å². The normalized spacial score (nSPS) is 10.8. The number of H-pyrrole nitrogens is 1. The summed E-state index contributed by atoms with van der Waals surface area (Å²) in [6, 6.07) is 18.4. The van der Waals surface area contributed by atoms with Gasteiger partial charge in [-0.3, -0.25) is 4.79 Å². The molecule has 1 heterocycles. The van der Waals surface area contributed by atoms with Gasteiger partial charge < -0.3 is 20.5 Å². The van der Waals surface area contributed by atoms with E-state index in [0.29, 0.717) is 11.2 Å². The van der Waals surface area contributed by atoms with Crippen LogP contribution in [0.15, 0.2) is 54.6 Å². The number of nitrogens with one attached hydrogen (secondary N) is 3. The van der Waals surface area contributed by atoms with Gasteiger partial charge in [-0.25, -0.2) is 4.98 Å². The van der Waals surface area contributed by atoms with E-state index in [1.54, 1.807) is 0 Å². The van der Waals surface area contributed by atoms with Crippen molar-refractivity contribution in [1.82, 2.24) is 15.3 Å². The van der Waals surface area contributed by atoms with Crippen molar-refractivity contribution in [1.29, 1.82) is 0 Å². The Morgan fingerprint density at radius 1 is 1.00 bits per heavy atom. The number of rotatable bonds is 13. The van der Waals surface area contributed by atoms with Crippen LogP contribution >= 0.6 is 12.2 Å². The summed E-state index contributed by atoms with van der Waals surface area (Å²) >= 11 is 5.21. The molecule has 6 nitrogen and oxygen atoms in total. The summed E-state index contributed by atoms with van der Waals surface area (Å²) in [4.78, 5) is 21.9. The third-order valence-electron chi connectivity index (χ3n) is 5.44. The number of carbonyl (C=O) groups excluding carboxylic acids is 1. The first-order chi connectivity index (χ1) is 15.7. The third-order valence-corrected chi connectivity index (χ3v) is 5.63. The zero-order valence-electron chi connectivity index (χ0n) is 18.8. The van der Waals surface area contributed by atoms with Crippen molar-refractivity contribution in [3.05, 3.63) is 59.4 Å². The van der Waals surface area contributed by atoms with Gasteiger partial charge in [0.1, 0.15) is 5.82 Å². The molecule has 3 aromatic rings. The van der Waals surface area contributed by atoms with Crippen LogP contribution in [0.3, 0.4) is 0 Å². The summed E-state index contributed by atoms with van der Waals surface area (Å²) in [6.07, 6.45) is 4.39. The molecule has 0 atom stereocenters. The fraction of sp³-hybridized carbons (Fsp3) is 0.400. The summed E-state index contributed by atoms with van der Waals surface area (Å²) in [7, 11) is 0. The van der Waals surface area contributed by atoms with E-state index in [1.165, 1.54) is 5.69 Å². The molecular weight excluding hydrogens is 418 g/mol. The van der Waals surface area contributed by atoms with Crippen molar-refractivity contribution in [2.24, 2.45) is 0 Å². The van der Waals surface area contributed by atoms with Crippen molar-refractivity contribution in [2.45, 2.75) is 39.0 Å². The number of hydrogen-bond acceptors (Lipinski definition) is 5. The molecule has 0 radical (unpaired) electrons. The summed E-state index contributed by atoms with van der Waals surface area (Å²) < 4.78 is 0.480. The minimum absolute atomic E-state index is 0.141. The molecule has 0 aliphatic rings. The number of para-hydroxylation sites is 2. The molecule has 1 aromatic heterocycles. The number of carbonyl (C=O) groups is 1. The summed E-state index contributed by atoms with van der Waals surface area (Å²) in [5, 5.41) is 7.47. The van der Waals surface area contributed by atoms with Crippen LogP contribution < -0.4 is 15.5 Å². The number of nitrogens with zero attached hydrogens (tertiary/aromatic N) is 2. The molecule has 3 N–H and O–H groups in total. The first-order valence-electron chi connectivity index (χ1n) is 11.5. The summed E-state index contributed by atoms with van der Waals surface area (Å²) in [5.41, 5.74) is 2.22. The Morgan fingerprint density at radius 3 is 2.59 bits per heavy atom. The molecule has 0 saturated heterocycles. The summed E-state index contributed by atoms with van der Waals surface area (Å²) in [6.45, 7) is 5.59. The van der Waals surface area contributed by atoms with Gasteiger partial charge in [0, 0.05) is 43.7 Å². The number of benzene rings is 2. The lowest BCUT2D eigenvalue weighted by Gasteiger charge is -2.23. The van der Waals surface area contributed by atoms with E-state index in [-0.39, 0.29) is 5.91 Å². The van der Waals surface area contributed by atoms with Gasteiger partial charge in [0.25, 0.3) is 0 Å². The van der Waals surface area contributed by atoms with Gasteiger partial charge in [-0.05, 0) is 62.7 Å². The van der Waals surface area contributed by atoms with Crippen molar-refractivity contribution in [2.75, 3.05) is 36.4 Å². The minimum atomic E-state index is 0.141. The highest BCUT2D eigenvalue weighted by atomic mass is 32.1. The van der Waals surface area contributed by atoms with E-state index in [1.807, 2.05) is 30.3 Å². The Balaban J connectivity index is 1.27. The Labute approximate surface area is 195 Å². The predicted octanol–water partition coefficient (Wildman–Crippen LogP) is 5.30. The lowest BCUT2D eigenvalue weighted by molar-refractivity contribution is -0.121. The molecule has 7 heteroatoms. The molecular formula is C25H33N5OS. The van der Waals surface area contributed by atoms with Crippen molar-refractivity contribution >= 4 is 40.5 Å². The van der Waals surface area contributed by atoms with E-state index < -0.39 is 0 Å². The molecule has 0 bridgehead atoms. The van der Waals surface area contributed by atoms with Crippen LogP contribution in [0, 0.1) is 4.77 Å². The monoisotopic (exact) mass is 451 g/mol. The van der Waals surface area contributed by atoms with Gasteiger partial charge in [-0.1, -0.05) is 36.8 Å². The molecule has 0 spiro atoms. The van der Waals surface area contributed by atoms with E-state index >= 15 is 0 Å². The first-order valence-corrected chi connectivity index (χ1v) is 11.9. The number of unbranched alkanes of at least 4 members (excludes halogenated alkanes) is 2. The largest absolute Gasteiger partial charge is 0.372 e. The van der Waals surface area contributed by atoms with Gasteiger partial charge in [-0.2, -0.15) is 0 Å². The second-order valence-corrected chi connectivity index (χ2v) is 8.18. The van der Waals surface area contributed by atoms with E-state index in [2.05, 4.69) is 56.7 Å². The number of hydrogen-bond donors (Lipinski definition) is 3. The number of fused-ring (bicyclic) bond motifs is 1. The highest BCUT2D eigenvalue weighted by Crippen LogP contribution is 2.19. The Morgan fingerprint density at radius 2 is 1.78 bits per heavy atom. The summed E-state index contributed by atoms with van der Waals surface area (Å²) in [5.74, 6) is 0.960. The number of anilines is 2. The standard InChI is InChI=1S/C25H33N5OS/c1-2-30(20-12-5-3-6-13-20)19-11-18-26-23(31)16-7-4-10-17-27-24-21-14-8-9-15-22(21)28-25(32)29-24/h3,5-6,8-9,12-15H,2,4,7,10-11,16-19H2,1H3,(H,26,31)(H2,27,28,29,32).